The summed E-state index contributed by atoms with van der Waals surface area (Å²) in [4.78, 5) is 16.2. The second-order valence-corrected chi connectivity index (χ2v) is 7.62. The quantitative estimate of drug-likeness (QED) is 0.688. The average molecular weight is 377 g/mol. The number of phenolic OH excluding ortho intramolecular Hbond substituents is 1. The number of nitrogens with one attached hydrogen (secondary N) is 1. The number of aromatic hydroxyl groups is 1. The minimum Gasteiger partial charge on any atom is -0.506 e. The molecule has 0 radical (unpaired) electrons. The normalized spacial score (nSPS) is 11.5. The van der Waals surface area contributed by atoms with Gasteiger partial charge >= 0.3 is 0 Å². The lowest BCUT2D eigenvalue weighted by Gasteiger charge is -2.19. The monoisotopic (exact) mass is 377 g/mol. The van der Waals surface area contributed by atoms with E-state index in [-0.39, 0.29) is 28.7 Å². The van der Waals surface area contributed by atoms with Crippen LogP contribution in [0.1, 0.15) is 25.8 Å². The lowest BCUT2D eigenvalue weighted by Crippen LogP contribution is -2.30. The zero-order chi connectivity index (χ0) is 19.2. The lowest BCUT2D eigenvalue weighted by molar-refractivity contribution is -0.116. The first kappa shape index (κ1) is 19.9. The fourth-order valence-electron chi connectivity index (χ4n) is 2.50. The minimum absolute atomic E-state index is 0.0292. The summed E-state index contributed by atoms with van der Waals surface area (Å²) >= 11 is 0. The Morgan fingerprint density at radius 3 is 2.58 bits per heavy atom. The lowest BCUT2D eigenvalue weighted by atomic mass is 10.1. The Balaban J connectivity index is 2.13. The highest BCUT2D eigenvalue weighted by Crippen LogP contribution is 2.28. The molecule has 0 spiro atoms. The Hall–Kier alpha value is -2.45. The molecule has 1 heterocycles. The third-order valence-electron chi connectivity index (χ3n) is 3.95. The summed E-state index contributed by atoms with van der Waals surface area (Å²) < 4.78 is 26.5. The number of hydrogen-bond acceptors (Lipinski definition) is 5. The summed E-state index contributed by atoms with van der Waals surface area (Å²) in [5.74, 6) is -0.500. The molecule has 2 rings (SSSR count). The second-order valence-electron chi connectivity index (χ2n) is 5.68. The topological polar surface area (TPSA) is 99.6 Å². The van der Waals surface area contributed by atoms with Gasteiger partial charge < -0.3 is 10.4 Å². The molecule has 0 bridgehead atoms. The number of anilines is 1. The molecule has 2 N–H and O–H groups in total. The molecule has 0 fully saturated rings. The highest BCUT2D eigenvalue weighted by molar-refractivity contribution is 7.89. The largest absolute Gasteiger partial charge is 0.506 e. The van der Waals surface area contributed by atoms with Crippen LogP contribution >= 0.6 is 0 Å². The molecule has 0 saturated heterocycles. The molecule has 140 valence electrons. The van der Waals surface area contributed by atoms with Crippen molar-refractivity contribution in [2.75, 3.05) is 18.4 Å². The van der Waals surface area contributed by atoms with E-state index in [1.165, 1.54) is 22.5 Å². The zero-order valence-electron chi connectivity index (χ0n) is 14.8. The first-order valence-electron chi connectivity index (χ1n) is 8.40. The molecule has 0 aliphatic heterocycles. The van der Waals surface area contributed by atoms with Crippen molar-refractivity contribution in [2.45, 2.75) is 31.6 Å². The van der Waals surface area contributed by atoms with E-state index in [1.54, 1.807) is 32.3 Å². The summed E-state index contributed by atoms with van der Waals surface area (Å²) in [5, 5.41) is 12.5. The number of aromatic nitrogens is 1. The van der Waals surface area contributed by atoms with Gasteiger partial charge in [0.05, 0.1) is 10.6 Å². The number of amides is 1. The highest BCUT2D eigenvalue weighted by Gasteiger charge is 2.23. The summed E-state index contributed by atoms with van der Waals surface area (Å²) in [5.41, 5.74) is 0.999. The molecule has 1 aromatic carbocycles. The molecular formula is C18H23N3O4S. The molecule has 7 nitrogen and oxygen atoms in total. The number of sulfonamides is 1. The van der Waals surface area contributed by atoms with Crippen molar-refractivity contribution in [2.24, 2.45) is 0 Å². The van der Waals surface area contributed by atoms with Gasteiger partial charge in [-0.25, -0.2) is 8.42 Å². The van der Waals surface area contributed by atoms with Crippen molar-refractivity contribution in [1.29, 1.82) is 0 Å². The Morgan fingerprint density at radius 1 is 1.23 bits per heavy atom. The van der Waals surface area contributed by atoms with Crippen molar-refractivity contribution in [3.8, 4) is 5.75 Å². The third kappa shape index (κ3) is 4.80. The van der Waals surface area contributed by atoms with Gasteiger partial charge in [0.15, 0.2) is 0 Å². The van der Waals surface area contributed by atoms with Gasteiger partial charge in [-0.3, -0.25) is 9.78 Å². The van der Waals surface area contributed by atoms with Crippen LogP contribution in [0, 0.1) is 0 Å². The maximum atomic E-state index is 12.6. The zero-order valence-corrected chi connectivity index (χ0v) is 15.7. The van der Waals surface area contributed by atoms with E-state index in [0.717, 1.165) is 5.56 Å². The van der Waals surface area contributed by atoms with Gasteiger partial charge in [0.1, 0.15) is 5.75 Å². The predicted molar refractivity (Wildman–Crippen MR) is 99.4 cm³/mol. The van der Waals surface area contributed by atoms with E-state index in [1.807, 2.05) is 6.07 Å². The third-order valence-corrected chi connectivity index (χ3v) is 5.99. The Labute approximate surface area is 153 Å². The van der Waals surface area contributed by atoms with Gasteiger partial charge in [-0.1, -0.05) is 19.9 Å². The van der Waals surface area contributed by atoms with Crippen molar-refractivity contribution in [3.05, 3.63) is 48.3 Å². The van der Waals surface area contributed by atoms with Crippen LogP contribution in [-0.2, 0) is 21.2 Å². The van der Waals surface area contributed by atoms with Crippen molar-refractivity contribution < 1.29 is 18.3 Å². The molecule has 8 heteroatoms. The predicted octanol–water partition coefficient (Wildman–Crippen LogP) is 2.39. The summed E-state index contributed by atoms with van der Waals surface area (Å²) in [7, 11) is -3.67. The van der Waals surface area contributed by atoms with Gasteiger partial charge in [-0.15, -0.1) is 0 Å². The van der Waals surface area contributed by atoms with Gasteiger partial charge in [-0.2, -0.15) is 4.31 Å². The summed E-state index contributed by atoms with van der Waals surface area (Å²) in [6.07, 6.45) is 4.03. The number of carbonyl (C=O) groups is 1. The van der Waals surface area contributed by atoms with Gasteiger partial charge in [0.25, 0.3) is 0 Å². The van der Waals surface area contributed by atoms with Crippen molar-refractivity contribution in [1.82, 2.24) is 9.29 Å². The van der Waals surface area contributed by atoms with Crippen LogP contribution in [0.4, 0.5) is 5.69 Å². The standard InChI is InChI=1S/C18H23N3O4S/c1-3-21(4-2)26(24,25)15-8-9-17(22)16(12-15)20-18(23)10-7-14-6-5-11-19-13-14/h5-6,8-9,11-13,22H,3-4,7,10H2,1-2H3,(H,20,23). The van der Waals surface area contributed by atoms with E-state index in [9.17, 15) is 18.3 Å². The van der Waals surface area contributed by atoms with E-state index >= 15 is 0 Å². The average Bonchev–Trinajstić information content (AvgIpc) is 2.63. The van der Waals surface area contributed by atoms with E-state index in [2.05, 4.69) is 10.3 Å². The first-order chi connectivity index (χ1) is 12.4. The molecule has 0 unspecified atom stereocenters. The van der Waals surface area contributed by atoms with Crippen molar-refractivity contribution in [3.63, 3.8) is 0 Å². The van der Waals surface area contributed by atoms with Crippen LogP contribution < -0.4 is 5.32 Å². The Kier molecular flexibility index (Phi) is 6.70. The van der Waals surface area contributed by atoms with Crippen LogP contribution in [0.2, 0.25) is 0 Å². The van der Waals surface area contributed by atoms with Crippen LogP contribution in [0.25, 0.3) is 0 Å². The molecule has 2 aromatic rings. The van der Waals surface area contributed by atoms with Crippen molar-refractivity contribution >= 4 is 21.6 Å². The maximum Gasteiger partial charge on any atom is 0.243 e. The smallest absolute Gasteiger partial charge is 0.243 e. The summed E-state index contributed by atoms with van der Waals surface area (Å²) in [6.45, 7) is 4.18. The number of phenols is 1. The number of carbonyl (C=O) groups excluding carboxylic acids is 1. The number of benzene rings is 1. The van der Waals surface area contributed by atoms with Gasteiger partial charge in [0.2, 0.25) is 15.9 Å². The van der Waals surface area contributed by atoms with Gasteiger partial charge in [0, 0.05) is 31.9 Å². The molecule has 26 heavy (non-hydrogen) atoms. The molecular weight excluding hydrogens is 354 g/mol. The van der Waals surface area contributed by atoms with Gasteiger partial charge in [-0.05, 0) is 36.2 Å². The molecule has 0 aliphatic rings. The number of hydrogen-bond donors (Lipinski definition) is 2. The fourth-order valence-corrected chi connectivity index (χ4v) is 3.99. The second kappa shape index (κ2) is 8.77. The molecule has 1 aromatic heterocycles. The van der Waals surface area contributed by atoms with Crippen LogP contribution in [0.5, 0.6) is 5.75 Å². The highest BCUT2D eigenvalue weighted by atomic mass is 32.2. The Bertz CT molecular complexity index is 850. The van der Waals surface area contributed by atoms with E-state index < -0.39 is 10.0 Å². The molecule has 0 saturated carbocycles. The molecule has 1 amide bonds. The maximum absolute atomic E-state index is 12.6. The number of aryl methyl sites for hydroxylation is 1. The SMILES string of the molecule is CCN(CC)S(=O)(=O)c1ccc(O)c(NC(=O)CCc2cccnc2)c1. The van der Waals surface area contributed by atoms with Crippen LogP contribution in [-0.4, -0.2) is 41.8 Å². The Morgan fingerprint density at radius 2 is 1.96 bits per heavy atom. The van der Waals surface area contributed by atoms with Crippen LogP contribution in [0.15, 0.2) is 47.6 Å². The molecule has 0 atom stereocenters. The first-order valence-corrected chi connectivity index (χ1v) is 9.84. The van der Waals surface area contributed by atoms with E-state index in [0.29, 0.717) is 19.5 Å². The minimum atomic E-state index is -3.67. The summed E-state index contributed by atoms with van der Waals surface area (Å²) in [6, 6.07) is 7.54. The molecule has 0 aliphatic carbocycles. The fraction of sp³-hybridized carbons (Fsp3) is 0.333. The number of nitrogens with zero attached hydrogens (tertiary/aromatic N) is 2. The number of rotatable bonds is 8. The van der Waals surface area contributed by atoms with E-state index in [4.69, 9.17) is 0 Å². The van der Waals surface area contributed by atoms with Crippen LogP contribution in [0.3, 0.4) is 0 Å². The number of pyridine rings is 1.